The number of benzene rings is 1. The summed E-state index contributed by atoms with van der Waals surface area (Å²) >= 11 is 6.98. The largest absolute Gasteiger partial charge is 0.321 e. The lowest BCUT2D eigenvalue weighted by Gasteiger charge is -2.04. The van der Waals surface area contributed by atoms with Crippen molar-refractivity contribution >= 4 is 61.5 Å². The topological polar surface area (TPSA) is 29.1 Å². The van der Waals surface area contributed by atoms with Crippen molar-refractivity contribution in [1.82, 2.24) is 0 Å². The molecule has 0 spiro atoms. The van der Waals surface area contributed by atoms with Gasteiger partial charge >= 0.3 is 0 Å². The molecule has 1 aromatic carbocycles. The molecule has 0 unspecified atom stereocenters. The predicted octanol–water partition coefficient (Wildman–Crippen LogP) is 4.37. The molecule has 0 fully saturated rings. The van der Waals surface area contributed by atoms with Gasteiger partial charge in [-0.1, -0.05) is 6.07 Å². The minimum absolute atomic E-state index is 0.0797. The molecule has 2 rings (SSSR count). The average molecular weight is 408 g/mol. The summed E-state index contributed by atoms with van der Waals surface area (Å²) in [5, 5.41) is 4.75. The fraction of sp³-hybridized carbons (Fsp3) is 0. The van der Waals surface area contributed by atoms with E-state index in [4.69, 9.17) is 0 Å². The Morgan fingerprint density at radius 2 is 2.19 bits per heavy atom. The summed E-state index contributed by atoms with van der Waals surface area (Å²) in [6, 6.07) is 9.58. The van der Waals surface area contributed by atoms with Crippen molar-refractivity contribution in [3.63, 3.8) is 0 Å². The summed E-state index contributed by atoms with van der Waals surface area (Å²) < 4.78 is 1.93. The molecule has 1 heterocycles. The zero-order chi connectivity index (χ0) is 11.5. The zero-order valence-corrected chi connectivity index (χ0v) is 12.6. The second-order valence-electron chi connectivity index (χ2n) is 3.06. The fourth-order valence-corrected chi connectivity index (χ4v) is 3.20. The lowest BCUT2D eigenvalue weighted by atomic mass is 10.3. The van der Waals surface area contributed by atoms with Crippen molar-refractivity contribution in [3.8, 4) is 0 Å². The van der Waals surface area contributed by atoms with Gasteiger partial charge in [0, 0.05) is 13.7 Å². The molecule has 1 aromatic heterocycles. The van der Waals surface area contributed by atoms with Gasteiger partial charge in [-0.3, -0.25) is 4.79 Å². The molecule has 0 atom stereocenters. The molecule has 5 heteroatoms. The highest BCUT2D eigenvalue weighted by atomic mass is 127. The van der Waals surface area contributed by atoms with E-state index in [-0.39, 0.29) is 5.91 Å². The van der Waals surface area contributed by atoms with Crippen LogP contribution in [0.1, 0.15) is 9.67 Å². The lowest BCUT2D eigenvalue weighted by Crippen LogP contribution is -2.10. The SMILES string of the molecule is O=C(Nc1cccc(I)c1)c1sccc1Br. The van der Waals surface area contributed by atoms with E-state index in [0.717, 1.165) is 13.7 Å². The number of carbonyl (C=O) groups excluding carboxylic acids is 1. The van der Waals surface area contributed by atoms with E-state index in [1.807, 2.05) is 35.7 Å². The Kier molecular flexibility index (Phi) is 3.99. The molecule has 0 aliphatic rings. The molecular formula is C11H7BrINOS. The first-order chi connectivity index (χ1) is 7.66. The smallest absolute Gasteiger partial charge is 0.266 e. The van der Waals surface area contributed by atoms with Crippen LogP contribution in [0, 0.1) is 3.57 Å². The third-order valence-corrected chi connectivity index (χ3v) is 4.41. The molecule has 0 bridgehead atoms. The standard InChI is InChI=1S/C11H7BrINOS/c12-9-4-5-16-10(9)11(15)14-8-3-1-2-7(13)6-8/h1-6H,(H,14,15). The summed E-state index contributed by atoms with van der Waals surface area (Å²) in [7, 11) is 0. The van der Waals surface area contributed by atoms with Crippen LogP contribution in [0.15, 0.2) is 40.2 Å². The number of halogens is 2. The van der Waals surface area contributed by atoms with Gasteiger partial charge in [0.2, 0.25) is 0 Å². The number of anilines is 1. The number of rotatable bonds is 2. The lowest BCUT2D eigenvalue weighted by molar-refractivity contribution is 0.103. The second kappa shape index (κ2) is 5.29. The van der Waals surface area contributed by atoms with Crippen LogP contribution in [0.3, 0.4) is 0 Å². The molecular weight excluding hydrogens is 401 g/mol. The second-order valence-corrected chi connectivity index (χ2v) is 6.08. The molecule has 2 aromatic rings. The van der Waals surface area contributed by atoms with Crippen LogP contribution >= 0.6 is 49.9 Å². The van der Waals surface area contributed by atoms with Crippen LogP contribution in [0.5, 0.6) is 0 Å². The third-order valence-electron chi connectivity index (χ3n) is 1.91. The van der Waals surface area contributed by atoms with E-state index >= 15 is 0 Å². The van der Waals surface area contributed by atoms with Gasteiger partial charge in [-0.2, -0.15) is 0 Å². The van der Waals surface area contributed by atoms with Crippen molar-refractivity contribution in [2.45, 2.75) is 0 Å². The maximum Gasteiger partial charge on any atom is 0.266 e. The Labute approximate surface area is 119 Å². The maximum absolute atomic E-state index is 11.9. The number of hydrogen-bond acceptors (Lipinski definition) is 2. The summed E-state index contributed by atoms with van der Waals surface area (Å²) in [6.07, 6.45) is 0. The zero-order valence-electron chi connectivity index (χ0n) is 8.04. The quantitative estimate of drug-likeness (QED) is 0.736. The highest BCUT2D eigenvalue weighted by Gasteiger charge is 2.11. The van der Waals surface area contributed by atoms with Crippen LogP contribution in [-0.2, 0) is 0 Å². The Hall–Kier alpha value is -0.400. The van der Waals surface area contributed by atoms with E-state index in [1.54, 1.807) is 0 Å². The maximum atomic E-state index is 11.9. The monoisotopic (exact) mass is 407 g/mol. The van der Waals surface area contributed by atoms with Gasteiger partial charge in [-0.25, -0.2) is 0 Å². The van der Waals surface area contributed by atoms with Crippen LogP contribution in [0.25, 0.3) is 0 Å². The number of amides is 1. The van der Waals surface area contributed by atoms with E-state index in [9.17, 15) is 4.79 Å². The van der Waals surface area contributed by atoms with Crippen molar-refractivity contribution in [1.29, 1.82) is 0 Å². The number of nitrogens with one attached hydrogen (secondary N) is 1. The molecule has 82 valence electrons. The first-order valence-corrected chi connectivity index (χ1v) is 7.22. The summed E-state index contributed by atoms with van der Waals surface area (Å²) in [5.41, 5.74) is 0.817. The van der Waals surface area contributed by atoms with Crippen molar-refractivity contribution in [2.75, 3.05) is 5.32 Å². The van der Waals surface area contributed by atoms with Gasteiger partial charge in [0.25, 0.3) is 5.91 Å². The normalized spacial score (nSPS) is 10.1. The van der Waals surface area contributed by atoms with Crippen LogP contribution in [0.4, 0.5) is 5.69 Å². The minimum atomic E-state index is -0.0797. The Morgan fingerprint density at radius 3 is 2.81 bits per heavy atom. The molecule has 0 saturated carbocycles. The molecule has 1 N–H and O–H groups in total. The first kappa shape index (κ1) is 12.1. The highest BCUT2D eigenvalue weighted by molar-refractivity contribution is 14.1. The van der Waals surface area contributed by atoms with Crippen LogP contribution < -0.4 is 5.32 Å². The van der Waals surface area contributed by atoms with Gasteiger partial charge in [0.15, 0.2) is 0 Å². The van der Waals surface area contributed by atoms with Gasteiger partial charge in [-0.15, -0.1) is 11.3 Å². The molecule has 1 amide bonds. The summed E-state index contributed by atoms with van der Waals surface area (Å²) in [5.74, 6) is -0.0797. The average Bonchev–Trinajstić information content (AvgIpc) is 2.64. The Balaban J connectivity index is 2.17. The highest BCUT2D eigenvalue weighted by Crippen LogP contribution is 2.24. The summed E-state index contributed by atoms with van der Waals surface area (Å²) in [6.45, 7) is 0. The van der Waals surface area contributed by atoms with Crippen molar-refractivity contribution in [3.05, 3.63) is 48.6 Å². The van der Waals surface area contributed by atoms with E-state index in [1.165, 1.54) is 11.3 Å². The van der Waals surface area contributed by atoms with Crippen molar-refractivity contribution in [2.24, 2.45) is 0 Å². The third kappa shape index (κ3) is 2.83. The number of carbonyl (C=O) groups is 1. The first-order valence-electron chi connectivity index (χ1n) is 4.47. The van der Waals surface area contributed by atoms with Crippen LogP contribution in [0.2, 0.25) is 0 Å². The van der Waals surface area contributed by atoms with E-state index < -0.39 is 0 Å². The minimum Gasteiger partial charge on any atom is -0.321 e. The fourth-order valence-electron chi connectivity index (χ4n) is 1.21. The predicted molar refractivity (Wildman–Crippen MR) is 79.1 cm³/mol. The summed E-state index contributed by atoms with van der Waals surface area (Å²) in [4.78, 5) is 12.6. The Bertz CT molecular complexity index is 526. The van der Waals surface area contributed by atoms with Gasteiger partial charge in [0.1, 0.15) is 4.88 Å². The van der Waals surface area contributed by atoms with Gasteiger partial charge in [0.05, 0.1) is 0 Å². The molecule has 2 nitrogen and oxygen atoms in total. The molecule has 0 radical (unpaired) electrons. The molecule has 0 aliphatic heterocycles. The van der Waals surface area contributed by atoms with E-state index in [2.05, 4.69) is 43.8 Å². The van der Waals surface area contributed by atoms with Crippen LogP contribution in [-0.4, -0.2) is 5.91 Å². The van der Waals surface area contributed by atoms with Gasteiger partial charge in [-0.05, 0) is 68.2 Å². The van der Waals surface area contributed by atoms with E-state index in [0.29, 0.717) is 4.88 Å². The molecule has 0 saturated heterocycles. The molecule has 16 heavy (non-hydrogen) atoms. The van der Waals surface area contributed by atoms with Crippen molar-refractivity contribution < 1.29 is 4.79 Å². The Morgan fingerprint density at radius 1 is 1.38 bits per heavy atom. The number of thiophene rings is 1. The van der Waals surface area contributed by atoms with Gasteiger partial charge < -0.3 is 5.32 Å². The number of hydrogen-bond donors (Lipinski definition) is 1. The molecule has 0 aliphatic carbocycles.